The van der Waals surface area contributed by atoms with Crippen LogP contribution in [0.2, 0.25) is 15.8 Å². The Balaban J connectivity index is 4.85. The van der Waals surface area contributed by atoms with E-state index in [0.29, 0.717) is 4.62 Å². The van der Waals surface area contributed by atoms with E-state index < -0.39 is 13.3 Å². The van der Waals surface area contributed by atoms with Gasteiger partial charge >= 0.3 is 85.4 Å². The van der Waals surface area contributed by atoms with Crippen molar-refractivity contribution in [1.29, 1.82) is 0 Å². The van der Waals surface area contributed by atoms with Crippen molar-refractivity contribution in [1.82, 2.24) is 0 Å². The summed E-state index contributed by atoms with van der Waals surface area (Å²) in [5.74, 6) is 0. The molecule has 2 heteroatoms. The summed E-state index contributed by atoms with van der Waals surface area (Å²) in [4.78, 5) is 12.3. The Morgan fingerprint density at radius 1 is 1.00 bits per heavy atom. The normalized spacial score (nSPS) is 13.1. The molecule has 0 saturated carbocycles. The molecule has 0 aromatic rings. The number of carbonyl (C=O) groups excluding carboxylic acids is 1. The summed E-state index contributed by atoms with van der Waals surface area (Å²) >= 11 is -2.13. The van der Waals surface area contributed by atoms with Crippen LogP contribution in [0, 0.1) is 5.41 Å². The van der Waals surface area contributed by atoms with Crippen molar-refractivity contribution >= 4 is 17.9 Å². The molecule has 0 bridgehead atoms. The third kappa shape index (κ3) is 2.83. The van der Waals surface area contributed by atoms with E-state index in [0.717, 1.165) is 15.8 Å². The zero-order valence-electron chi connectivity index (χ0n) is 10.0. The molecule has 0 heterocycles. The van der Waals surface area contributed by atoms with Crippen LogP contribution in [-0.4, -0.2) is 17.9 Å². The van der Waals surface area contributed by atoms with E-state index in [1.54, 1.807) is 0 Å². The Morgan fingerprint density at radius 3 is 1.38 bits per heavy atom. The summed E-state index contributed by atoms with van der Waals surface area (Å²) in [7, 11) is 0. The molecule has 1 nitrogen and oxygen atoms in total. The molecular formula is C11H24GeO. The minimum atomic E-state index is -2.13. The molecule has 0 unspecified atom stereocenters. The molecule has 78 valence electrons. The summed E-state index contributed by atoms with van der Waals surface area (Å²) in [5.41, 5.74) is -0.109. The van der Waals surface area contributed by atoms with E-state index in [4.69, 9.17) is 0 Å². The van der Waals surface area contributed by atoms with Gasteiger partial charge in [0, 0.05) is 0 Å². The molecule has 0 N–H and O–H groups in total. The Bertz CT molecular complexity index is 167. The number of rotatable bonds is 4. The quantitative estimate of drug-likeness (QED) is 0.690. The van der Waals surface area contributed by atoms with E-state index in [9.17, 15) is 4.79 Å². The first-order valence-corrected chi connectivity index (χ1v) is 10.9. The Kier molecular flexibility index (Phi) is 4.70. The van der Waals surface area contributed by atoms with Crippen LogP contribution >= 0.6 is 0 Å². The van der Waals surface area contributed by atoms with Crippen LogP contribution in [0.3, 0.4) is 0 Å². The summed E-state index contributed by atoms with van der Waals surface area (Å²) in [6.45, 7) is 12.8. The fourth-order valence-corrected chi connectivity index (χ4v) is 10.5. The van der Waals surface area contributed by atoms with Crippen molar-refractivity contribution < 1.29 is 4.79 Å². The summed E-state index contributed by atoms with van der Waals surface area (Å²) in [5, 5.41) is 3.47. The molecule has 0 aliphatic rings. The maximum absolute atomic E-state index is 12.3. The molecule has 0 fully saturated rings. The molecule has 0 aliphatic heterocycles. The Morgan fingerprint density at radius 2 is 1.31 bits per heavy atom. The number of hydrogen-bond donors (Lipinski definition) is 0. The molecular weight excluding hydrogens is 221 g/mol. The Hall–Kier alpha value is 0.213. The van der Waals surface area contributed by atoms with Gasteiger partial charge in [-0.3, -0.25) is 0 Å². The van der Waals surface area contributed by atoms with E-state index >= 15 is 0 Å². The van der Waals surface area contributed by atoms with Crippen LogP contribution < -0.4 is 0 Å². The van der Waals surface area contributed by atoms with Crippen molar-refractivity contribution in [2.75, 3.05) is 0 Å². The molecule has 13 heavy (non-hydrogen) atoms. The second kappa shape index (κ2) is 4.63. The first kappa shape index (κ1) is 13.2. The van der Waals surface area contributed by atoms with Gasteiger partial charge < -0.3 is 0 Å². The standard InChI is InChI=1S/C11H24GeO/c1-7-12(8-2,9-3)10(13)11(4,5)6/h7-9H2,1-6H3. The van der Waals surface area contributed by atoms with Gasteiger partial charge in [0.05, 0.1) is 0 Å². The van der Waals surface area contributed by atoms with E-state index in [-0.39, 0.29) is 5.41 Å². The molecule has 0 aromatic carbocycles. The molecule has 0 aliphatic carbocycles. The predicted molar refractivity (Wildman–Crippen MR) is 61.7 cm³/mol. The molecule has 0 saturated heterocycles. The van der Waals surface area contributed by atoms with Crippen LogP contribution in [0.25, 0.3) is 0 Å². The topological polar surface area (TPSA) is 17.1 Å². The number of carbonyl (C=O) groups is 1. The van der Waals surface area contributed by atoms with Gasteiger partial charge in [0.15, 0.2) is 0 Å². The monoisotopic (exact) mass is 246 g/mol. The zero-order valence-corrected chi connectivity index (χ0v) is 12.1. The third-order valence-corrected chi connectivity index (χ3v) is 15.3. The Labute approximate surface area is 85.7 Å². The maximum atomic E-state index is 12.3. The van der Waals surface area contributed by atoms with Crippen LogP contribution in [0.5, 0.6) is 0 Å². The van der Waals surface area contributed by atoms with Gasteiger partial charge in [-0.05, 0) is 0 Å². The molecule has 0 amide bonds. The van der Waals surface area contributed by atoms with Crippen molar-refractivity contribution in [3.05, 3.63) is 0 Å². The number of hydrogen-bond acceptors (Lipinski definition) is 1. The molecule has 0 aromatic heterocycles. The fraction of sp³-hybridized carbons (Fsp3) is 0.909. The first-order chi connectivity index (χ1) is 5.84. The molecule has 0 atom stereocenters. The average Bonchev–Trinajstić information content (AvgIpc) is 2.07. The van der Waals surface area contributed by atoms with Gasteiger partial charge in [0.25, 0.3) is 0 Å². The van der Waals surface area contributed by atoms with Crippen molar-refractivity contribution in [3.8, 4) is 0 Å². The van der Waals surface area contributed by atoms with Crippen LogP contribution in [-0.2, 0) is 4.79 Å². The molecule has 0 spiro atoms. The molecule has 0 radical (unpaired) electrons. The van der Waals surface area contributed by atoms with Crippen molar-refractivity contribution in [2.24, 2.45) is 5.41 Å². The van der Waals surface area contributed by atoms with Gasteiger partial charge in [-0.2, -0.15) is 0 Å². The van der Waals surface area contributed by atoms with E-state index in [1.165, 1.54) is 0 Å². The van der Waals surface area contributed by atoms with Crippen molar-refractivity contribution in [3.63, 3.8) is 0 Å². The summed E-state index contributed by atoms with van der Waals surface area (Å²) < 4.78 is 0.611. The van der Waals surface area contributed by atoms with Crippen LogP contribution in [0.15, 0.2) is 0 Å². The SMILES string of the molecule is C[CH2][Ge]([CH2]C)([CH2]C)[C](=O)C(C)(C)C. The van der Waals surface area contributed by atoms with Gasteiger partial charge in [-0.1, -0.05) is 0 Å². The van der Waals surface area contributed by atoms with Gasteiger partial charge in [0.2, 0.25) is 0 Å². The van der Waals surface area contributed by atoms with Gasteiger partial charge in [0.1, 0.15) is 0 Å². The summed E-state index contributed by atoms with van der Waals surface area (Å²) in [6.07, 6.45) is 0. The fourth-order valence-electron chi connectivity index (χ4n) is 2.03. The first-order valence-electron chi connectivity index (χ1n) is 5.39. The van der Waals surface area contributed by atoms with Crippen molar-refractivity contribution in [2.45, 2.75) is 57.3 Å². The minimum absolute atomic E-state index is 0.109. The van der Waals surface area contributed by atoms with Gasteiger partial charge in [-0.15, -0.1) is 0 Å². The van der Waals surface area contributed by atoms with E-state index in [1.807, 2.05) is 0 Å². The second-order valence-electron chi connectivity index (χ2n) is 4.92. The predicted octanol–water partition coefficient (Wildman–Crippen LogP) is 3.65. The average molecular weight is 245 g/mol. The second-order valence-corrected chi connectivity index (χ2v) is 15.7. The molecule has 0 rings (SSSR count). The van der Waals surface area contributed by atoms with Crippen LogP contribution in [0.4, 0.5) is 0 Å². The van der Waals surface area contributed by atoms with Crippen LogP contribution in [0.1, 0.15) is 41.5 Å². The van der Waals surface area contributed by atoms with E-state index in [2.05, 4.69) is 41.5 Å². The third-order valence-electron chi connectivity index (χ3n) is 3.19. The summed E-state index contributed by atoms with van der Waals surface area (Å²) in [6, 6.07) is 0. The zero-order chi connectivity index (χ0) is 10.7. The van der Waals surface area contributed by atoms with Gasteiger partial charge in [-0.25, -0.2) is 0 Å².